The van der Waals surface area contributed by atoms with Gasteiger partial charge in [0, 0.05) is 30.9 Å². The molecule has 0 aromatic carbocycles. The van der Waals surface area contributed by atoms with E-state index in [1.54, 1.807) is 0 Å². The van der Waals surface area contributed by atoms with Crippen molar-refractivity contribution in [3.05, 3.63) is 0 Å². The van der Waals surface area contributed by atoms with Crippen LogP contribution in [-0.2, 0) is 145 Å². The number of halogens is 1. The first-order valence-corrected chi connectivity index (χ1v) is 39.7. The Morgan fingerprint density at radius 2 is 0.442 bits per heavy atom. The first kappa shape index (κ1) is 87.1. The van der Waals surface area contributed by atoms with E-state index in [1.165, 1.54) is 13.8 Å². The summed E-state index contributed by atoms with van der Waals surface area (Å²) in [6, 6.07) is 0. The summed E-state index contributed by atoms with van der Waals surface area (Å²) in [4.78, 5) is 114. The standard InChI is InChI=1S/C28H69FNO45P11/c1-26(20-31)21-72-83(47,48)67-15-11-63-79(39,40)59-7-3-55-77(35,36)57-5-9-61-81(43,44)65-13-17-69-85(51,52)74-24-28(19-30-29)25-75-86(53,54)70-18-14-66-82(45,46)62-10-6-58-78(37,38)56-4-8-60-80(41,42)64-12-16-68-84(49,50)73-23-27(2)22-71-76(32,33)34/h26-28,30-31H,3-25H2,1-2H3,(H,35,36)(H,37,38)(H,39,40)(H,41,42)(H,43,44)(H,45,46)(H,47,48)(H,49,50)(H,51,52)(H,53,54)(H2,32,33,34). The molecule has 0 heterocycles. The summed E-state index contributed by atoms with van der Waals surface area (Å²) in [5.41, 5.74) is 1.14. The second-order valence-electron chi connectivity index (χ2n) is 15.6. The molecule has 0 saturated heterocycles. The number of hydrogen-bond acceptors (Lipinski definition) is 34. The maximum atomic E-state index is 12.9. The van der Waals surface area contributed by atoms with Crippen LogP contribution >= 0.6 is 86.0 Å². The molecule has 13 unspecified atom stereocenters. The molecule has 46 nitrogen and oxygen atoms in total. The van der Waals surface area contributed by atoms with Crippen molar-refractivity contribution in [2.75, 3.05) is 152 Å². The summed E-state index contributed by atoms with van der Waals surface area (Å²) < 4.78 is 238. The summed E-state index contributed by atoms with van der Waals surface area (Å²) in [5, 5.41) is 8.90. The van der Waals surface area contributed by atoms with Crippen LogP contribution in [0.2, 0.25) is 0 Å². The smallest absolute Gasteiger partial charge is 0.396 e. The van der Waals surface area contributed by atoms with Gasteiger partial charge in [-0.1, -0.05) is 13.8 Å². The number of aliphatic hydroxyl groups excluding tert-OH is 1. The number of phosphoric acid groups is 11. The lowest BCUT2D eigenvalue weighted by Gasteiger charge is -2.20. The van der Waals surface area contributed by atoms with E-state index in [9.17, 15) is 104 Å². The second kappa shape index (κ2) is 42.5. The highest BCUT2D eigenvalue weighted by Gasteiger charge is 2.32. The van der Waals surface area contributed by atoms with Crippen molar-refractivity contribution in [2.45, 2.75) is 13.8 Å². The fraction of sp³-hybridized carbons (Fsp3) is 1.00. The van der Waals surface area contributed by atoms with E-state index < -0.39 is 242 Å². The van der Waals surface area contributed by atoms with E-state index in [1.807, 2.05) is 0 Å². The van der Waals surface area contributed by atoms with E-state index in [0.717, 1.165) is 5.54 Å². The van der Waals surface area contributed by atoms with Gasteiger partial charge in [-0.15, -0.1) is 4.48 Å². The van der Waals surface area contributed by atoms with Crippen molar-refractivity contribution >= 4 is 86.0 Å². The van der Waals surface area contributed by atoms with Crippen molar-refractivity contribution in [2.24, 2.45) is 17.8 Å². The van der Waals surface area contributed by atoms with Crippen LogP contribution in [0.15, 0.2) is 0 Å². The van der Waals surface area contributed by atoms with Gasteiger partial charge in [-0.05, 0) is 0 Å². The molecule has 0 saturated carbocycles. The number of hydrogen-bond donors (Lipinski definition) is 14. The quantitative estimate of drug-likeness (QED) is 0.0234. The van der Waals surface area contributed by atoms with Gasteiger partial charge in [-0.3, -0.25) is 95.0 Å². The molecule has 0 radical (unpaired) electrons. The fourth-order valence-electron chi connectivity index (χ4n) is 4.26. The Morgan fingerprint density at radius 3 is 0.616 bits per heavy atom. The zero-order valence-electron chi connectivity index (χ0n) is 44.7. The Bertz CT molecular complexity index is 2470. The summed E-state index contributed by atoms with van der Waals surface area (Å²) in [6.07, 6.45) is 0. The van der Waals surface area contributed by atoms with E-state index in [4.69, 9.17) is 14.9 Å². The third kappa shape index (κ3) is 51.5. The summed E-state index contributed by atoms with van der Waals surface area (Å²) >= 11 is 0. The van der Waals surface area contributed by atoms with Gasteiger partial charge in [0.05, 0.1) is 139 Å². The van der Waals surface area contributed by atoms with Crippen LogP contribution in [0.5, 0.6) is 0 Å². The largest absolute Gasteiger partial charge is 0.472 e. The maximum absolute atomic E-state index is 12.9. The monoisotopic (exact) mass is 1500 g/mol. The Kier molecular flexibility index (Phi) is 43.0. The molecule has 58 heteroatoms. The Hall–Kier alpha value is 1.06. The molecule has 0 aromatic heterocycles. The molecule has 0 aromatic rings. The molecule has 13 atom stereocenters. The topological polar surface area (TPSA) is 657 Å². The molecule has 0 spiro atoms. The molecule has 0 aliphatic carbocycles. The molecule has 0 amide bonds. The van der Waals surface area contributed by atoms with Crippen LogP contribution in [0, 0.1) is 17.8 Å². The molecule has 0 fully saturated rings. The summed E-state index contributed by atoms with van der Waals surface area (Å²) in [6.45, 7) is -15.8. The lowest BCUT2D eigenvalue weighted by Crippen LogP contribution is -2.25. The van der Waals surface area contributed by atoms with Crippen LogP contribution in [0.4, 0.5) is 4.48 Å². The highest BCUT2D eigenvalue weighted by Crippen LogP contribution is 2.52. The lowest BCUT2D eigenvalue weighted by atomic mass is 10.2. The van der Waals surface area contributed by atoms with Gasteiger partial charge >= 0.3 is 86.0 Å². The Labute approximate surface area is 487 Å². The Balaban J connectivity index is 4.44. The van der Waals surface area contributed by atoms with Gasteiger partial charge in [0.15, 0.2) is 0 Å². The van der Waals surface area contributed by atoms with E-state index in [0.29, 0.717) is 0 Å². The van der Waals surface area contributed by atoms with Crippen molar-refractivity contribution < 1.29 is 214 Å². The van der Waals surface area contributed by atoms with Gasteiger partial charge in [0.1, 0.15) is 0 Å². The van der Waals surface area contributed by atoms with Gasteiger partial charge in [0.25, 0.3) is 0 Å². The van der Waals surface area contributed by atoms with Crippen molar-refractivity contribution in [3.8, 4) is 0 Å². The van der Waals surface area contributed by atoms with E-state index in [2.05, 4.69) is 95.0 Å². The van der Waals surface area contributed by atoms with E-state index in [-0.39, 0.29) is 13.2 Å². The van der Waals surface area contributed by atoms with Crippen molar-refractivity contribution in [3.63, 3.8) is 0 Å². The molecular weight excluding hydrogens is 1430 g/mol. The van der Waals surface area contributed by atoms with Crippen LogP contribution in [0.1, 0.15) is 13.8 Å². The lowest BCUT2D eigenvalue weighted by molar-refractivity contribution is 0.0655. The van der Waals surface area contributed by atoms with Gasteiger partial charge in [0.2, 0.25) is 0 Å². The highest BCUT2D eigenvalue weighted by atomic mass is 31.2. The molecule has 518 valence electrons. The SMILES string of the molecule is CC(CO)COP(=O)(O)OCCOP(=O)(O)OCCOP(=O)(O)OCCOP(=O)(O)OCCOP(=O)(O)OCC(CNF)COP(=O)(O)OCCOP(=O)(O)OCCOP(=O)(O)OCCOP(=O)(O)OCCOP(=O)(O)OCC(C)COP(=O)(O)O. The fourth-order valence-corrected chi connectivity index (χ4v) is 12.0. The van der Waals surface area contributed by atoms with Gasteiger partial charge < -0.3 is 63.8 Å². The zero-order chi connectivity index (χ0) is 66.1. The minimum absolute atomic E-state index is 0.339. The first-order chi connectivity index (χ1) is 39.4. The predicted octanol–water partition coefficient (Wildman–Crippen LogP) is 1.79. The molecule has 0 aliphatic heterocycles. The highest BCUT2D eigenvalue weighted by molar-refractivity contribution is 7.50. The van der Waals surface area contributed by atoms with Crippen LogP contribution < -0.4 is 5.54 Å². The van der Waals surface area contributed by atoms with Crippen LogP contribution in [-0.4, -0.2) is 216 Å². The number of phosphoric ester groups is 11. The molecular formula is C28H69FNO45P11. The first-order valence-electron chi connectivity index (χ1n) is 23.2. The average molecular weight is 1500 g/mol. The number of aliphatic hydroxyl groups is 1. The average Bonchev–Trinajstić information content (AvgIpc) is 3.55. The Morgan fingerprint density at radius 1 is 0.279 bits per heavy atom. The number of nitrogens with one attached hydrogen (secondary N) is 1. The second-order valence-corrected chi connectivity index (χ2v) is 31.4. The maximum Gasteiger partial charge on any atom is 0.472 e. The molecule has 0 bridgehead atoms. The third-order valence-electron chi connectivity index (χ3n) is 7.93. The normalized spacial score (nSPS) is 20.7. The summed E-state index contributed by atoms with van der Waals surface area (Å²) in [5.74, 6) is -2.64. The minimum Gasteiger partial charge on any atom is -0.396 e. The molecule has 86 heavy (non-hydrogen) atoms. The zero-order valence-corrected chi connectivity index (χ0v) is 54.5. The van der Waals surface area contributed by atoms with Gasteiger partial charge in [-0.2, -0.15) is 5.54 Å². The third-order valence-corrected chi connectivity index (χ3v) is 18.5. The van der Waals surface area contributed by atoms with Gasteiger partial charge in [-0.25, -0.2) is 50.2 Å². The van der Waals surface area contributed by atoms with E-state index >= 15 is 0 Å². The molecule has 0 aliphatic rings. The molecule has 14 N–H and O–H groups in total. The van der Waals surface area contributed by atoms with Crippen molar-refractivity contribution in [1.29, 1.82) is 0 Å². The van der Waals surface area contributed by atoms with Crippen LogP contribution in [0.25, 0.3) is 0 Å². The molecule has 0 rings (SSSR count). The van der Waals surface area contributed by atoms with Crippen molar-refractivity contribution in [1.82, 2.24) is 5.54 Å². The predicted molar refractivity (Wildman–Crippen MR) is 273 cm³/mol. The number of rotatable bonds is 58. The summed E-state index contributed by atoms with van der Waals surface area (Å²) in [7, 11) is -54.1. The van der Waals surface area contributed by atoms with Crippen LogP contribution in [0.3, 0.4) is 0 Å². The minimum atomic E-state index is -5.09.